The van der Waals surface area contributed by atoms with Crippen LogP contribution >= 0.6 is 23.1 Å². The second kappa shape index (κ2) is 6.49. The maximum absolute atomic E-state index is 12.5. The molecule has 25 heavy (non-hydrogen) atoms. The van der Waals surface area contributed by atoms with Crippen LogP contribution in [0.3, 0.4) is 0 Å². The van der Waals surface area contributed by atoms with E-state index in [4.69, 9.17) is 0 Å². The summed E-state index contributed by atoms with van der Waals surface area (Å²) in [5, 5.41) is 6.87. The first-order valence-electron chi connectivity index (χ1n) is 7.84. The quantitative estimate of drug-likeness (QED) is 0.396. The van der Waals surface area contributed by atoms with Gasteiger partial charge in [0.05, 0.1) is 12.1 Å². The van der Waals surface area contributed by atoms with Crippen molar-refractivity contribution in [3.63, 3.8) is 0 Å². The largest absolute Gasteiger partial charge is 0.350 e. The van der Waals surface area contributed by atoms with Gasteiger partial charge in [-0.3, -0.25) is 13.8 Å². The summed E-state index contributed by atoms with van der Waals surface area (Å²) in [6.45, 7) is 2.95. The van der Waals surface area contributed by atoms with E-state index in [-0.39, 0.29) is 11.2 Å². The molecule has 4 aromatic heterocycles. The number of pyridine rings is 1. The molecule has 0 amide bonds. The Balaban J connectivity index is 1.59. The molecule has 0 atom stereocenters. The molecule has 4 rings (SSSR count). The van der Waals surface area contributed by atoms with Gasteiger partial charge in [-0.05, 0) is 30.5 Å². The van der Waals surface area contributed by atoms with Gasteiger partial charge in [-0.2, -0.15) is 0 Å². The Labute approximate surface area is 150 Å². The molecule has 128 valence electrons. The Bertz CT molecular complexity index is 1170. The minimum absolute atomic E-state index is 0.00472. The minimum Gasteiger partial charge on any atom is -0.287 e. The van der Waals surface area contributed by atoms with Crippen molar-refractivity contribution in [2.45, 2.75) is 25.2 Å². The average Bonchev–Trinajstić information content (AvgIpc) is 3.21. The van der Waals surface area contributed by atoms with Gasteiger partial charge in [0.15, 0.2) is 10.8 Å². The third-order valence-electron chi connectivity index (χ3n) is 3.87. The van der Waals surface area contributed by atoms with Gasteiger partial charge in [0.2, 0.25) is 0 Å². The van der Waals surface area contributed by atoms with Crippen LogP contribution in [0.15, 0.2) is 50.6 Å². The molecule has 0 bridgehead atoms. The SMILES string of the molecule is CCn1c(SCCn2nc3ccccn3c2=O)nc2ccsc2c1=O. The summed E-state index contributed by atoms with van der Waals surface area (Å²) in [5.41, 5.74) is 1.19. The summed E-state index contributed by atoms with van der Waals surface area (Å²) in [5.74, 6) is 0.603. The average molecular weight is 373 g/mol. The van der Waals surface area contributed by atoms with E-state index in [9.17, 15) is 9.59 Å². The molecule has 0 saturated heterocycles. The molecule has 9 heteroatoms. The molecular formula is C16H15N5O2S2. The summed E-state index contributed by atoms with van der Waals surface area (Å²) in [6, 6.07) is 7.31. The lowest BCUT2D eigenvalue weighted by atomic mass is 10.5. The number of nitrogens with zero attached hydrogens (tertiary/aromatic N) is 5. The van der Waals surface area contributed by atoms with Gasteiger partial charge in [0.25, 0.3) is 5.56 Å². The van der Waals surface area contributed by atoms with E-state index >= 15 is 0 Å². The van der Waals surface area contributed by atoms with Gasteiger partial charge in [-0.1, -0.05) is 17.8 Å². The smallest absolute Gasteiger partial charge is 0.287 e. The Hall–Kier alpha value is -2.39. The number of thiophene rings is 1. The predicted octanol–water partition coefficient (Wildman–Crippen LogP) is 2.08. The Kier molecular flexibility index (Phi) is 4.18. The highest BCUT2D eigenvalue weighted by Crippen LogP contribution is 2.20. The number of thioether (sulfide) groups is 1. The van der Waals surface area contributed by atoms with E-state index in [0.717, 1.165) is 5.52 Å². The first-order valence-corrected chi connectivity index (χ1v) is 9.70. The lowest BCUT2D eigenvalue weighted by molar-refractivity contribution is 0.624. The molecule has 0 N–H and O–H groups in total. The molecule has 4 heterocycles. The van der Waals surface area contributed by atoms with E-state index < -0.39 is 0 Å². The number of rotatable bonds is 5. The highest BCUT2D eigenvalue weighted by Gasteiger charge is 2.12. The van der Waals surface area contributed by atoms with E-state index in [0.29, 0.717) is 34.3 Å². The van der Waals surface area contributed by atoms with Crippen LogP contribution in [0.4, 0.5) is 0 Å². The van der Waals surface area contributed by atoms with Crippen LogP contribution < -0.4 is 11.2 Å². The molecule has 7 nitrogen and oxygen atoms in total. The summed E-state index contributed by atoms with van der Waals surface area (Å²) in [7, 11) is 0. The Morgan fingerprint density at radius 3 is 2.92 bits per heavy atom. The molecule has 0 unspecified atom stereocenters. The zero-order chi connectivity index (χ0) is 17.4. The monoisotopic (exact) mass is 373 g/mol. The fourth-order valence-electron chi connectivity index (χ4n) is 2.65. The maximum atomic E-state index is 12.5. The number of hydrogen-bond acceptors (Lipinski definition) is 6. The highest BCUT2D eigenvalue weighted by molar-refractivity contribution is 7.99. The van der Waals surface area contributed by atoms with Gasteiger partial charge in [0.1, 0.15) is 4.70 Å². The first kappa shape index (κ1) is 16.1. The van der Waals surface area contributed by atoms with Gasteiger partial charge >= 0.3 is 5.69 Å². The lowest BCUT2D eigenvalue weighted by Gasteiger charge is -2.09. The van der Waals surface area contributed by atoms with E-state index in [1.165, 1.54) is 32.2 Å². The molecule has 0 spiro atoms. The van der Waals surface area contributed by atoms with Crippen molar-refractivity contribution in [2.75, 3.05) is 5.75 Å². The number of aromatic nitrogens is 5. The normalized spacial score (nSPS) is 11.6. The Morgan fingerprint density at radius 2 is 2.12 bits per heavy atom. The third-order valence-corrected chi connectivity index (χ3v) is 5.72. The number of fused-ring (bicyclic) bond motifs is 2. The van der Waals surface area contributed by atoms with Crippen LogP contribution in [0.1, 0.15) is 6.92 Å². The van der Waals surface area contributed by atoms with Gasteiger partial charge in [-0.15, -0.1) is 16.4 Å². The summed E-state index contributed by atoms with van der Waals surface area (Å²) in [6.07, 6.45) is 1.70. The molecule has 0 aliphatic heterocycles. The summed E-state index contributed by atoms with van der Waals surface area (Å²) < 4.78 is 5.32. The van der Waals surface area contributed by atoms with Crippen molar-refractivity contribution in [3.05, 3.63) is 56.7 Å². The van der Waals surface area contributed by atoms with Gasteiger partial charge < -0.3 is 0 Å². The van der Waals surface area contributed by atoms with E-state index in [1.807, 2.05) is 24.4 Å². The lowest BCUT2D eigenvalue weighted by Crippen LogP contribution is -2.23. The second-order valence-corrected chi connectivity index (χ2v) is 7.34. The summed E-state index contributed by atoms with van der Waals surface area (Å²) >= 11 is 2.88. The van der Waals surface area contributed by atoms with Gasteiger partial charge in [0, 0.05) is 18.5 Å². The molecule has 0 fully saturated rings. The fourth-order valence-corrected chi connectivity index (χ4v) is 4.41. The molecular weight excluding hydrogens is 358 g/mol. The van der Waals surface area contributed by atoms with Crippen molar-refractivity contribution in [1.29, 1.82) is 0 Å². The topological polar surface area (TPSA) is 74.2 Å². The molecule has 4 aromatic rings. The number of aryl methyl sites for hydroxylation is 1. The van der Waals surface area contributed by atoms with Gasteiger partial charge in [-0.25, -0.2) is 14.5 Å². The van der Waals surface area contributed by atoms with Crippen LogP contribution in [0, 0.1) is 0 Å². The zero-order valence-corrected chi connectivity index (χ0v) is 15.1. The highest BCUT2D eigenvalue weighted by atomic mass is 32.2. The molecule has 0 aliphatic rings. The van der Waals surface area contributed by atoms with Crippen molar-refractivity contribution in [1.82, 2.24) is 23.7 Å². The van der Waals surface area contributed by atoms with Crippen molar-refractivity contribution in [2.24, 2.45) is 0 Å². The number of hydrogen-bond donors (Lipinski definition) is 0. The predicted molar refractivity (Wildman–Crippen MR) is 99.7 cm³/mol. The van der Waals surface area contributed by atoms with Crippen LogP contribution in [0.25, 0.3) is 15.9 Å². The standard InChI is InChI=1S/C16H15N5O2S2/c1-2-19-14(22)13-11(6-9-24-13)17-15(19)25-10-8-21-16(23)20-7-4-3-5-12(20)18-21/h3-7,9H,2,8,10H2,1H3. The molecule has 0 aliphatic carbocycles. The second-order valence-electron chi connectivity index (χ2n) is 5.36. The van der Waals surface area contributed by atoms with Crippen molar-refractivity contribution >= 4 is 39.0 Å². The molecule has 0 radical (unpaired) electrons. The zero-order valence-electron chi connectivity index (χ0n) is 13.5. The van der Waals surface area contributed by atoms with Crippen LogP contribution in [-0.2, 0) is 13.1 Å². The summed E-state index contributed by atoms with van der Waals surface area (Å²) in [4.78, 5) is 29.4. The Morgan fingerprint density at radius 1 is 1.24 bits per heavy atom. The molecule has 0 saturated carbocycles. The van der Waals surface area contributed by atoms with E-state index in [1.54, 1.807) is 22.9 Å². The van der Waals surface area contributed by atoms with Crippen LogP contribution in [-0.4, -0.2) is 29.5 Å². The maximum Gasteiger partial charge on any atom is 0.350 e. The molecule has 0 aromatic carbocycles. The van der Waals surface area contributed by atoms with Crippen LogP contribution in [0.5, 0.6) is 0 Å². The first-order chi connectivity index (χ1) is 12.2. The third kappa shape index (κ3) is 2.79. The van der Waals surface area contributed by atoms with Crippen LogP contribution in [0.2, 0.25) is 0 Å². The minimum atomic E-state index is -0.162. The van der Waals surface area contributed by atoms with Crippen molar-refractivity contribution in [3.8, 4) is 0 Å². The fraction of sp³-hybridized carbons (Fsp3) is 0.250. The van der Waals surface area contributed by atoms with E-state index in [2.05, 4.69) is 10.1 Å². The van der Waals surface area contributed by atoms with Crippen molar-refractivity contribution < 1.29 is 0 Å².